The Morgan fingerprint density at radius 2 is 1.41 bits per heavy atom. The zero-order valence-corrected chi connectivity index (χ0v) is 19.4. The van der Waals surface area contributed by atoms with E-state index in [1.54, 1.807) is 5.57 Å². The Bertz CT molecular complexity index is 585. The first-order valence-corrected chi connectivity index (χ1v) is 13.0. The van der Waals surface area contributed by atoms with E-state index >= 15 is 0 Å². The summed E-state index contributed by atoms with van der Waals surface area (Å²) >= 11 is 0. The molecule has 0 radical (unpaired) electrons. The van der Waals surface area contributed by atoms with Crippen molar-refractivity contribution in [1.82, 2.24) is 0 Å². The number of allylic oxidation sites excluding steroid dienone is 2. The highest BCUT2D eigenvalue weighted by Gasteiger charge is 2.22. The summed E-state index contributed by atoms with van der Waals surface area (Å²) in [6, 6.07) is 9.12. The van der Waals surface area contributed by atoms with E-state index in [0.29, 0.717) is 0 Å². The van der Waals surface area contributed by atoms with Crippen molar-refractivity contribution in [3.05, 3.63) is 47.0 Å². The average molecular weight is 395 g/mol. The summed E-state index contributed by atoms with van der Waals surface area (Å²) in [4.78, 5) is 0. The molecule has 0 heterocycles. The Hall–Kier alpha value is -1.04. The number of benzene rings is 1. The van der Waals surface area contributed by atoms with Gasteiger partial charge in [-0.05, 0) is 68.8 Å². The van der Waals surface area contributed by atoms with Gasteiger partial charge < -0.3 is 0 Å². The average Bonchev–Trinajstić information content (AvgIpc) is 2.76. The third-order valence-corrected chi connectivity index (χ3v) is 7.88. The van der Waals surface area contributed by atoms with Crippen LogP contribution in [0.15, 0.2) is 35.9 Å². The van der Waals surface area contributed by atoms with Crippen molar-refractivity contribution in [2.45, 2.75) is 117 Å². The van der Waals surface area contributed by atoms with Crippen LogP contribution in [0.3, 0.4) is 0 Å². The predicted molar refractivity (Wildman–Crippen MR) is 128 cm³/mol. The zero-order valence-electron chi connectivity index (χ0n) is 19.4. The van der Waals surface area contributed by atoms with Crippen molar-refractivity contribution in [2.75, 3.05) is 0 Å². The number of hydrogen-bond acceptors (Lipinski definition) is 0. The Balaban J connectivity index is 1.26. The minimum Gasteiger partial charge on any atom is -0.0850 e. The molecule has 1 unspecified atom stereocenters. The van der Waals surface area contributed by atoms with E-state index in [2.05, 4.69) is 44.2 Å². The monoisotopic (exact) mass is 394 g/mol. The lowest BCUT2D eigenvalue weighted by Gasteiger charge is -2.30. The van der Waals surface area contributed by atoms with Crippen molar-refractivity contribution < 1.29 is 0 Å². The zero-order chi connectivity index (χ0) is 20.3. The first kappa shape index (κ1) is 22.6. The van der Waals surface area contributed by atoms with E-state index < -0.39 is 0 Å². The minimum absolute atomic E-state index is 0.977. The van der Waals surface area contributed by atoms with Gasteiger partial charge in [-0.25, -0.2) is 0 Å². The van der Waals surface area contributed by atoms with Gasteiger partial charge in [0.25, 0.3) is 0 Å². The van der Waals surface area contributed by atoms with Crippen LogP contribution in [0.25, 0.3) is 0 Å². The second kappa shape index (κ2) is 12.6. The third kappa shape index (κ3) is 8.31. The molecular weight excluding hydrogens is 348 g/mol. The maximum Gasteiger partial charge on any atom is -0.0241 e. The summed E-state index contributed by atoms with van der Waals surface area (Å²) in [6.07, 6.45) is 25.7. The molecule has 2 aliphatic carbocycles. The molecule has 1 atom stereocenters. The van der Waals surface area contributed by atoms with Crippen LogP contribution in [0.4, 0.5) is 0 Å². The SMILES string of the molecule is CCCCCC[C@H]1CC[C@H](CCC2CC=C(CCc3ccc(C)cc3)CC2)CC1. The Labute approximate surface area is 181 Å². The largest absolute Gasteiger partial charge is 0.0850 e. The van der Waals surface area contributed by atoms with Crippen molar-refractivity contribution in [3.63, 3.8) is 0 Å². The standard InChI is InChI=1S/C29H46/c1-3-4-5-6-7-25-12-14-27(15-13-25)18-19-29-22-20-28(21-23-29)17-16-26-10-8-24(2)9-11-26/h8-11,20,25,27,29H,3-7,12-19,21-23H2,1-2H3/t25-,27-,29?. The van der Waals surface area contributed by atoms with Crippen molar-refractivity contribution >= 4 is 0 Å². The molecule has 0 saturated heterocycles. The molecule has 1 aromatic carbocycles. The first-order chi connectivity index (χ1) is 14.2. The van der Waals surface area contributed by atoms with E-state index in [9.17, 15) is 0 Å². The minimum atomic E-state index is 0.977. The lowest BCUT2D eigenvalue weighted by atomic mass is 9.76. The van der Waals surface area contributed by atoms with Crippen LogP contribution in [-0.2, 0) is 6.42 Å². The van der Waals surface area contributed by atoms with E-state index in [1.807, 2.05) is 0 Å². The van der Waals surface area contributed by atoms with Gasteiger partial charge in [0.05, 0.1) is 0 Å². The summed E-state index contributed by atoms with van der Waals surface area (Å²) in [5.74, 6) is 3.09. The highest BCUT2D eigenvalue weighted by atomic mass is 14.3. The molecule has 1 fully saturated rings. The first-order valence-electron chi connectivity index (χ1n) is 13.0. The topological polar surface area (TPSA) is 0 Å². The molecule has 0 spiro atoms. The van der Waals surface area contributed by atoms with E-state index in [-0.39, 0.29) is 0 Å². The van der Waals surface area contributed by atoms with E-state index in [0.717, 1.165) is 17.8 Å². The van der Waals surface area contributed by atoms with Gasteiger partial charge in [-0.3, -0.25) is 0 Å². The molecule has 0 N–H and O–H groups in total. The van der Waals surface area contributed by atoms with Crippen LogP contribution in [0.1, 0.15) is 114 Å². The predicted octanol–water partition coefficient (Wildman–Crippen LogP) is 9.21. The van der Waals surface area contributed by atoms with Crippen LogP contribution in [-0.4, -0.2) is 0 Å². The molecule has 29 heavy (non-hydrogen) atoms. The molecule has 2 aliphatic rings. The van der Waals surface area contributed by atoms with Gasteiger partial charge in [0.15, 0.2) is 0 Å². The Morgan fingerprint density at radius 3 is 2.07 bits per heavy atom. The molecular formula is C29H46. The second-order valence-electron chi connectivity index (χ2n) is 10.3. The van der Waals surface area contributed by atoms with Gasteiger partial charge in [-0.2, -0.15) is 0 Å². The van der Waals surface area contributed by atoms with Gasteiger partial charge in [-0.15, -0.1) is 0 Å². The molecule has 0 amide bonds. The summed E-state index contributed by atoms with van der Waals surface area (Å²) in [7, 11) is 0. The smallest absolute Gasteiger partial charge is 0.0241 e. The summed E-state index contributed by atoms with van der Waals surface area (Å²) in [6.45, 7) is 4.49. The van der Waals surface area contributed by atoms with Gasteiger partial charge in [0.2, 0.25) is 0 Å². The van der Waals surface area contributed by atoms with E-state index in [1.165, 1.54) is 114 Å². The fraction of sp³-hybridized carbons (Fsp3) is 0.724. The van der Waals surface area contributed by atoms with Crippen LogP contribution in [0.5, 0.6) is 0 Å². The quantitative estimate of drug-likeness (QED) is 0.259. The molecule has 0 bridgehead atoms. The van der Waals surface area contributed by atoms with Crippen molar-refractivity contribution in [2.24, 2.45) is 17.8 Å². The van der Waals surface area contributed by atoms with E-state index in [4.69, 9.17) is 0 Å². The lowest BCUT2D eigenvalue weighted by Crippen LogP contribution is -2.16. The van der Waals surface area contributed by atoms with Crippen LogP contribution in [0, 0.1) is 24.7 Å². The van der Waals surface area contributed by atoms with Crippen LogP contribution < -0.4 is 0 Å². The fourth-order valence-electron chi connectivity index (χ4n) is 5.63. The lowest BCUT2D eigenvalue weighted by molar-refractivity contribution is 0.234. The molecule has 0 heteroatoms. The second-order valence-corrected chi connectivity index (χ2v) is 10.3. The van der Waals surface area contributed by atoms with Crippen molar-refractivity contribution in [3.8, 4) is 0 Å². The molecule has 3 rings (SSSR count). The third-order valence-electron chi connectivity index (χ3n) is 7.88. The van der Waals surface area contributed by atoms with Gasteiger partial charge in [-0.1, -0.05) is 113 Å². The molecule has 0 aliphatic heterocycles. The molecule has 0 nitrogen and oxygen atoms in total. The summed E-state index contributed by atoms with van der Waals surface area (Å²) in [5, 5.41) is 0. The van der Waals surface area contributed by atoms with Crippen LogP contribution >= 0.6 is 0 Å². The van der Waals surface area contributed by atoms with Gasteiger partial charge in [0.1, 0.15) is 0 Å². The number of aryl methyl sites for hydroxylation is 2. The number of hydrogen-bond donors (Lipinski definition) is 0. The normalized spacial score (nSPS) is 25.0. The van der Waals surface area contributed by atoms with Gasteiger partial charge in [0, 0.05) is 0 Å². The Kier molecular flexibility index (Phi) is 9.84. The maximum atomic E-state index is 2.61. The molecule has 0 aromatic heterocycles. The molecule has 1 aromatic rings. The fourth-order valence-corrected chi connectivity index (χ4v) is 5.63. The maximum absolute atomic E-state index is 2.61. The number of rotatable bonds is 11. The molecule has 1 saturated carbocycles. The van der Waals surface area contributed by atoms with Crippen molar-refractivity contribution in [1.29, 1.82) is 0 Å². The van der Waals surface area contributed by atoms with Gasteiger partial charge >= 0.3 is 0 Å². The highest BCUT2D eigenvalue weighted by molar-refractivity contribution is 5.22. The summed E-state index contributed by atoms with van der Waals surface area (Å²) in [5.41, 5.74) is 4.60. The van der Waals surface area contributed by atoms with Crippen LogP contribution in [0.2, 0.25) is 0 Å². The number of unbranched alkanes of at least 4 members (excludes halogenated alkanes) is 3. The molecule has 162 valence electrons. The Morgan fingerprint density at radius 1 is 0.724 bits per heavy atom. The highest BCUT2D eigenvalue weighted by Crippen LogP contribution is 2.37. The summed E-state index contributed by atoms with van der Waals surface area (Å²) < 4.78 is 0.